The molecule has 0 bridgehead atoms. The van der Waals surface area contributed by atoms with Crippen LogP contribution in [-0.4, -0.2) is 6.03 Å². The van der Waals surface area contributed by atoms with Crippen molar-refractivity contribution in [2.75, 3.05) is 10.6 Å². The molecule has 110 valence electrons. The molecular formula is C14H12F3N3O. The largest absolute Gasteiger partial charge is 0.381 e. The third-order valence-electron chi connectivity index (χ3n) is 2.69. The van der Waals surface area contributed by atoms with E-state index in [4.69, 9.17) is 5.73 Å². The van der Waals surface area contributed by atoms with Crippen molar-refractivity contribution >= 4 is 17.4 Å². The van der Waals surface area contributed by atoms with E-state index >= 15 is 0 Å². The fourth-order valence-corrected chi connectivity index (χ4v) is 1.73. The van der Waals surface area contributed by atoms with Crippen molar-refractivity contribution in [3.63, 3.8) is 0 Å². The lowest BCUT2D eigenvalue weighted by Gasteiger charge is -2.08. The van der Waals surface area contributed by atoms with Crippen molar-refractivity contribution in [2.24, 2.45) is 5.73 Å². The second kappa shape index (κ2) is 6.17. The first kappa shape index (κ1) is 14.7. The number of carbonyl (C=O) groups is 1. The van der Waals surface area contributed by atoms with E-state index in [0.29, 0.717) is 11.4 Å². The van der Waals surface area contributed by atoms with Crippen LogP contribution in [0.1, 0.15) is 5.56 Å². The predicted molar refractivity (Wildman–Crippen MR) is 73.3 cm³/mol. The van der Waals surface area contributed by atoms with E-state index in [1.165, 1.54) is 0 Å². The van der Waals surface area contributed by atoms with Crippen LogP contribution in [0.25, 0.3) is 0 Å². The highest BCUT2D eigenvalue weighted by atomic mass is 19.2. The SMILES string of the molecule is NC(=O)Nc1ccc(NCc2cc(F)c(F)c(F)c2)cc1. The Morgan fingerprint density at radius 2 is 1.52 bits per heavy atom. The Hall–Kier alpha value is -2.70. The average Bonchev–Trinajstić information content (AvgIpc) is 2.43. The van der Waals surface area contributed by atoms with Gasteiger partial charge in [0, 0.05) is 17.9 Å². The minimum atomic E-state index is -1.49. The van der Waals surface area contributed by atoms with Crippen molar-refractivity contribution in [1.82, 2.24) is 0 Å². The zero-order valence-corrected chi connectivity index (χ0v) is 10.8. The molecule has 0 radical (unpaired) electrons. The van der Waals surface area contributed by atoms with Gasteiger partial charge in [-0.05, 0) is 42.0 Å². The Morgan fingerprint density at radius 1 is 1.00 bits per heavy atom. The van der Waals surface area contributed by atoms with Crippen molar-refractivity contribution in [3.05, 3.63) is 59.4 Å². The van der Waals surface area contributed by atoms with Gasteiger partial charge < -0.3 is 16.4 Å². The highest BCUT2D eigenvalue weighted by molar-refractivity contribution is 5.87. The maximum absolute atomic E-state index is 13.0. The van der Waals surface area contributed by atoms with Gasteiger partial charge in [-0.1, -0.05) is 0 Å². The first-order chi connectivity index (χ1) is 9.95. The van der Waals surface area contributed by atoms with Crippen LogP contribution in [0.15, 0.2) is 36.4 Å². The maximum Gasteiger partial charge on any atom is 0.316 e. The first-order valence-corrected chi connectivity index (χ1v) is 5.99. The van der Waals surface area contributed by atoms with Gasteiger partial charge in [-0.15, -0.1) is 0 Å². The molecule has 4 nitrogen and oxygen atoms in total. The molecule has 0 heterocycles. The molecule has 0 unspecified atom stereocenters. The summed E-state index contributed by atoms with van der Waals surface area (Å²) in [6.45, 7) is 0.122. The number of amides is 2. The summed E-state index contributed by atoms with van der Waals surface area (Å²) < 4.78 is 38.9. The lowest BCUT2D eigenvalue weighted by atomic mass is 10.2. The van der Waals surface area contributed by atoms with Gasteiger partial charge in [-0.3, -0.25) is 0 Å². The van der Waals surface area contributed by atoms with Crippen molar-refractivity contribution < 1.29 is 18.0 Å². The van der Waals surface area contributed by atoms with Crippen LogP contribution in [0.3, 0.4) is 0 Å². The molecule has 4 N–H and O–H groups in total. The summed E-state index contributed by atoms with van der Waals surface area (Å²) in [5, 5.41) is 5.31. The molecule has 0 saturated heterocycles. The Bertz CT molecular complexity index is 636. The van der Waals surface area contributed by atoms with Crippen molar-refractivity contribution in [1.29, 1.82) is 0 Å². The highest BCUT2D eigenvalue weighted by Crippen LogP contribution is 2.17. The molecule has 0 aliphatic heterocycles. The van der Waals surface area contributed by atoms with E-state index in [1.807, 2.05) is 0 Å². The number of primary amides is 1. The molecule has 0 fully saturated rings. The van der Waals surface area contributed by atoms with Gasteiger partial charge >= 0.3 is 6.03 Å². The zero-order chi connectivity index (χ0) is 15.4. The highest BCUT2D eigenvalue weighted by Gasteiger charge is 2.10. The predicted octanol–water partition coefficient (Wildman–Crippen LogP) is 3.21. The Kier molecular flexibility index (Phi) is 4.32. The molecule has 0 atom stereocenters. The Labute approximate surface area is 118 Å². The third kappa shape index (κ3) is 3.88. The molecule has 7 heteroatoms. The van der Waals surface area contributed by atoms with E-state index in [-0.39, 0.29) is 12.1 Å². The molecular weight excluding hydrogens is 283 g/mol. The van der Waals surface area contributed by atoms with E-state index in [9.17, 15) is 18.0 Å². The van der Waals surface area contributed by atoms with Crippen molar-refractivity contribution in [2.45, 2.75) is 6.54 Å². The molecule has 2 amide bonds. The van der Waals surface area contributed by atoms with Crippen LogP contribution in [0, 0.1) is 17.5 Å². The normalized spacial score (nSPS) is 10.2. The van der Waals surface area contributed by atoms with Crippen LogP contribution in [0.2, 0.25) is 0 Å². The quantitative estimate of drug-likeness (QED) is 0.758. The van der Waals surface area contributed by atoms with E-state index in [2.05, 4.69) is 10.6 Å². The topological polar surface area (TPSA) is 67.2 Å². The zero-order valence-electron chi connectivity index (χ0n) is 10.8. The van der Waals surface area contributed by atoms with E-state index < -0.39 is 23.5 Å². The number of hydrogen-bond acceptors (Lipinski definition) is 2. The summed E-state index contributed by atoms with van der Waals surface area (Å²) >= 11 is 0. The standard InChI is InChI=1S/C14H12F3N3O/c15-11-5-8(6-12(16)13(11)17)7-19-9-1-3-10(4-2-9)20-14(18)21/h1-6,19H,7H2,(H3,18,20,21). The van der Waals surface area contributed by atoms with Gasteiger partial charge in [0.15, 0.2) is 17.5 Å². The Morgan fingerprint density at radius 3 is 2.05 bits per heavy atom. The lowest BCUT2D eigenvalue weighted by Crippen LogP contribution is -2.19. The van der Waals surface area contributed by atoms with Gasteiger partial charge in [0.25, 0.3) is 0 Å². The number of hydrogen-bond donors (Lipinski definition) is 3. The minimum absolute atomic E-state index is 0.122. The van der Waals surface area contributed by atoms with E-state index in [1.54, 1.807) is 24.3 Å². The first-order valence-electron chi connectivity index (χ1n) is 5.99. The smallest absolute Gasteiger partial charge is 0.316 e. The number of benzene rings is 2. The number of rotatable bonds is 4. The number of nitrogens with two attached hydrogens (primary N) is 1. The third-order valence-corrected chi connectivity index (χ3v) is 2.69. The summed E-state index contributed by atoms with van der Waals surface area (Å²) in [5.41, 5.74) is 6.42. The summed E-state index contributed by atoms with van der Waals surface area (Å²) in [6.07, 6.45) is 0. The molecule has 2 aromatic rings. The number of carbonyl (C=O) groups excluding carboxylic acids is 1. The molecule has 21 heavy (non-hydrogen) atoms. The van der Waals surface area contributed by atoms with E-state index in [0.717, 1.165) is 12.1 Å². The van der Waals surface area contributed by atoms with Crippen LogP contribution < -0.4 is 16.4 Å². The summed E-state index contributed by atoms with van der Waals surface area (Å²) in [5.74, 6) is -3.94. The molecule has 0 aliphatic rings. The number of anilines is 2. The maximum atomic E-state index is 13.0. The molecule has 0 aromatic heterocycles. The van der Waals surface area contributed by atoms with Gasteiger partial charge in [0.05, 0.1) is 0 Å². The lowest BCUT2D eigenvalue weighted by molar-refractivity contribution is 0.259. The fourth-order valence-electron chi connectivity index (χ4n) is 1.73. The van der Waals surface area contributed by atoms with Gasteiger partial charge in [-0.25, -0.2) is 18.0 Å². The van der Waals surface area contributed by atoms with Crippen LogP contribution in [0.4, 0.5) is 29.3 Å². The average molecular weight is 295 g/mol. The second-order valence-corrected chi connectivity index (χ2v) is 4.29. The fraction of sp³-hybridized carbons (Fsp3) is 0.0714. The van der Waals surface area contributed by atoms with Gasteiger partial charge in [-0.2, -0.15) is 0 Å². The summed E-state index contributed by atoms with van der Waals surface area (Å²) in [6, 6.07) is 7.71. The molecule has 0 saturated carbocycles. The minimum Gasteiger partial charge on any atom is -0.381 e. The molecule has 2 rings (SSSR count). The van der Waals surface area contributed by atoms with Crippen LogP contribution in [-0.2, 0) is 6.54 Å². The van der Waals surface area contributed by atoms with Crippen LogP contribution in [0.5, 0.6) is 0 Å². The summed E-state index contributed by atoms with van der Waals surface area (Å²) in [4.78, 5) is 10.6. The molecule has 0 aliphatic carbocycles. The Balaban J connectivity index is 2.01. The number of urea groups is 1. The molecule has 2 aromatic carbocycles. The monoisotopic (exact) mass is 295 g/mol. The number of halogens is 3. The van der Waals surface area contributed by atoms with Crippen LogP contribution >= 0.6 is 0 Å². The number of nitrogens with one attached hydrogen (secondary N) is 2. The van der Waals surface area contributed by atoms with Gasteiger partial charge in [0.1, 0.15) is 0 Å². The summed E-state index contributed by atoms with van der Waals surface area (Å²) in [7, 11) is 0. The van der Waals surface area contributed by atoms with Gasteiger partial charge in [0.2, 0.25) is 0 Å². The molecule has 0 spiro atoms. The van der Waals surface area contributed by atoms with Crippen molar-refractivity contribution in [3.8, 4) is 0 Å². The second-order valence-electron chi connectivity index (χ2n) is 4.29.